The maximum atomic E-state index is 10.9. The maximum absolute atomic E-state index is 10.9. The summed E-state index contributed by atoms with van der Waals surface area (Å²) in [5, 5.41) is 15.0. The van der Waals surface area contributed by atoms with Gasteiger partial charge in [-0.1, -0.05) is 65.7 Å². The molecule has 0 aliphatic heterocycles. The Morgan fingerprint density at radius 3 is 2.15 bits per heavy atom. The fraction of sp³-hybridized carbons (Fsp3) is 0.938. The van der Waals surface area contributed by atoms with E-state index in [9.17, 15) is 4.79 Å². The Hall–Kier alpha value is -0.770. The Morgan fingerprint density at radius 2 is 1.60 bits per heavy atom. The second-order valence-electron chi connectivity index (χ2n) is 5.62. The highest BCUT2D eigenvalue weighted by molar-refractivity contribution is 5.64. The first-order valence-electron chi connectivity index (χ1n) is 8.39. The van der Waals surface area contributed by atoms with Gasteiger partial charge in [0.15, 0.2) is 0 Å². The van der Waals surface area contributed by atoms with E-state index in [4.69, 9.17) is 5.11 Å². The van der Waals surface area contributed by atoms with E-state index in [1.807, 2.05) is 0 Å². The van der Waals surface area contributed by atoms with E-state index in [0.717, 1.165) is 32.1 Å². The molecule has 0 aliphatic rings. The van der Waals surface area contributed by atoms with Crippen molar-refractivity contribution in [3.8, 4) is 0 Å². The molecule has 0 rings (SSSR count). The van der Waals surface area contributed by atoms with Crippen molar-refractivity contribution >= 4 is 6.09 Å². The van der Waals surface area contributed by atoms with Crippen LogP contribution in [0.5, 0.6) is 0 Å². The van der Waals surface area contributed by atoms with Gasteiger partial charge in [0.25, 0.3) is 0 Å². The molecule has 0 saturated carbocycles. The molecule has 0 heterocycles. The summed E-state index contributed by atoms with van der Waals surface area (Å²) < 4.78 is 0. The summed E-state index contributed by atoms with van der Waals surface area (Å²) >= 11 is 0. The molecule has 0 aromatic rings. The highest BCUT2D eigenvalue weighted by atomic mass is 16.4. The number of rotatable bonds is 13. The lowest BCUT2D eigenvalue weighted by atomic mass is 10.1. The first-order chi connectivity index (χ1) is 9.63. The molecule has 2 atom stereocenters. The van der Waals surface area contributed by atoms with Crippen LogP contribution < -0.4 is 10.6 Å². The summed E-state index contributed by atoms with van der Waals surface area (Å²) in [7, 11) is 0. The van der Waals surface area contributed by atoms with Crippen molar-refractivity contribution in [1.82, 2.24) is 10.6 Å². The lowest BCUT2D eigenvalue weighted by Gasteiger charge is -2.25. The lowest BCUT2D eigenvalue weighted by molar-refractivity contribution is 0.183. The first kappa shape index (κ1) is 19.2. The van der Waals surface area contributed by atoms with Gasteiger partial charge in [-0.3, -0.25) is 5.32 Å². The molecule has 0 aromatic carbocycles. The average Bonchev–Trinajstić information content (AvgIpc) is 2.41. The van der Waals surface area contributed by atoms with E-state index in [2.05, 4.69) is 31.4 Å². The number of nitrogens with one attached hydrogen (secondary N) is 2. The molecule has 120 valence electrons. The summed E-state index contributed by atoms with van der Waals surface area (Å²) in [5.41, 5.74) is 0. The van der Waals surface area contributed by atoms with Crippen LogP contribution in [-0.4, -0.2) is 23.4 Å². The molecule has 0 saturated heterocycles. The topological polar surface area (TPSA) is 61.4 Å². The van der Waals surface area contributed by atoms with Gasteiger partial charge in [0, 0.05) is 6.04 Å². The van der Waals surface area contributed by atoms with E-state index in [-0.39, 0.29) is 6.17 Å². The Balaban J connectivity index is 3.97. The van der Waals surface area contributed by atoms with Crippen molar-refractivity contribution in [3.05, 3.63) is 0 Å². The second kappa shape index (κ2) is 13.2. The Kier molecular flexibility index (Phi) is 12.7. The number of amides is 1. The molecule has 20 heavy (non-hydrogen) atoms. The monoisotopic (exact) mass is 286 g/mol. The van der Waals surface area contributed by atoms with E-state index >= 15 is 0 Å². The van der Waals surface area contributed by atoms with Crippen molar-refractivity contribution in [3.63, 3.8) is 0 Å². The standard InChI is InChI=1S/C16H34N2O2/c1-4-7-8-9-10-11-13-15(18-16(19)20)17-14(6-3)12-5-2/h14-15,17-18H,4-13H2,1-3H3,(H,19,20). The molecule has 0 aliphatic carbocycles. The van der Waals surface area contributed by atoms with Crippen LogP contribution in [0.25, 0.3) is 0 Å². The molecule has 3 N–H and O–H groups in total. The minimum atomic E-state index is -0.931. The number of unbranched alkanes of at least 4 members (excludes halogenated alkanes) is 5. The van der Waals surface area contributed by atoms with Crippen molar-refractivity contribution in [1.29, 1.82) is 0 Å². The third-order valence-corrected chi connectivity index (χ3v) is 3.71. The van der Waals surface area contributed by atoms with Crippen LogP contribution in [0.15, 0.2) is 0 Å². The van der Waals surface area contributed by atoms with Gasteiger partial charge in [0.2, 0.25) is 0 Å². The van der Waals surface area contributed by atoms with Crippen LogP contribution in [0.4, 0.5) is 4.79 Å². The molecule has 4 nitrogen and oxygen atoms in total. The third kappa shape index (κ3) is 11.1. The van der Waals surface area contributed by atoms with Crippen LogP contribution in [0.3, 0.4) is 0 Å². The zero-order chi connectivity index (χ0) is 15.2. The molecule has 0 radical (unpaired) electrons. The van der Waals surface area contributed by atoms with Gasteiger partial charge in [-0.15, -0.1) is 0 Å². The molecule has 0 bridgehead atoms. The van der Waals surface area contributed by atoms with Gasteiger partial charge < -0.3 is 10.4 Å². The number of hydrogen-bond acceptors (Lipinski definition) is 2. The molecule has 0 spiro atoms. The fourth-order valence-corrected chi connectivity index (χ4v) is 2.51. The van der Waals surface area contributed by atoms with Crippen LogP contribution >= 0.6 is 0 Å². The minimum Gasteiger partial charge on any atom is -0.465 e. The Morgan fingerprint density at radius 1 is 0.950 bits per heavy atom. The van der Waals surface area contributed by atoms with Gasteiger partial charge in [0.05, 0.1) is 6.17 Å². The minimum absolute atomic E-state index is 0.102. The Labute approximate surface area is 124 Å². The van der Waals surface area contributed by atoms with Crippen molar-refractivity contribution < 1.29 is 9.90 Å². The van der Waals surface area contributed by atoms with Gasteiger partial charge >= 0.3 is 6.09 Å². The van der Waals surface area contributed by atoms with E-state index in [1.165, 1.54) is 32.1 Å². The van der Waals surface area contributed by atoms with Gasteiger partial charge in [-0.25, -0.2) is 4.79 Å². The Bertz CT molecular complexity index is 235. The average molecular weight is 286 g/mol. The van der Waals surface area contributed by atoms with Crippen molar-refractivity contribution in [2.45, 2.75) is 97.2 Å². The molecule has 1 amide bonds. The third-order valence-electron chi connectivity index (χ3n) is 3.71. The molecule has 0 fully saturated rings. The molecular weight excluding hydrogens is 252 g/mol. The summed E-state index contributed by atoms with van der Waals surface area (Å²) in [6.07, 6.45) is 10.6. The first-order valence-corrected chi connectivity index (χ1v) is 8.39. The smallest absolute Gasteiger partial charge is 0.405 e. The normalized spacial score (nSPS) is 13.9. The van der Waals surface area contributed by atoms with E-state index in [0.29, 0.717) is 6.04 Å². The second-order valence-corrected chi connectivity index (χ2v) is 5.62. The molecular formula is C16H34N2O2. The van der Waals surface area contributed by atoms with Gasteiger partial charge in [-0.05, 0) is 19.3 Å². The van der Waals surface area contributed by atoms with Gasteiger partial charge in [-0.2, -0.15) is 0 Å². The summed E-state index contributed by atoms with van der Waals surface area (Å²) in [4.78, 5) is 10.9. The number of hydrogen-bond donors (Lipinski definition) is 3. The highest BCUT2D eigenvalue weighted by Gasteiger charge is 2.14. The van der Waals surface area contributed by atoms with Crippen molar-refractivity contribution in [2.24, 2.45) is 0 Å². The zero-order valence-electron chi connectivity index (χ0n) is 13.6. The predicted octanol–water partition coefficient (Wildman–Crippen LogP) is 4.50. The van der Waals surface area contributed by atoms with Crippen LogP contribution in [0.2, 0.25) is 0 Å². The lowest BCUT2D eigenvalue weighted by Crippen LogP contribution is -2.49. The van der Waals surface area contributed by atoms with E-state index in [1.54, 1.807) is 0 Å². The van der Waals surface area contributed by atoms with Crippen LogP contribution in [0, 0.1) is 0 Å². The fourth-order valence-electron chi connectivity index (χ4n) is 2.51. The molecule has 4 heteroatoms. The predicted molar refractivity (Wildman–Crippen MR) is 85.1 cm³/mol. The maximum Gasteiger partial charge on any atom is 0.405 e. The van der Waals surface area contributed by atoms with Gasteiger partial charge in [0.1, 0.15) is 0 Å². The number of carboxylic acid groups (broad SMARTS) is 1. The van der Waals surface area contributed by atoms with Crippen molar-refractivity contribution in [2.75, 3.05) is 0 Å². The molecule has 2 unspecified atom stereocenters. The summed E-state index contributed by atoms with van der Waals surface area (Å²) in [5.74, 6) is 0. The number of carbonyl (C=O) groups is 1. The van der Waals surface area contributed by atoms with Crippen LogP contribution in [0.1, 0.15) is 85.0 Å². The summed E-state index contributed by atoms with van der Waals surface area (Å²) in [6.45, 7) is 6.53. The summed E-state index contributed by atoms with van der Waals surface area (Å²) in [6, 6.07) is 0.414. The quantitative estimate of drug-likeness (QED) is 0.345. The van der Waals surface area contributed by atoms with Crippen LogP contribution in [-0.2, 0) is 0 Å². The SMILES string of the molecule is CCCCCCCCC(NC(=O)O)NC(CC)CCC. The van der Waals surface area contributed by atoms with E-state index < -0.39 is 6.09 Å². The zero-order valence-corrected chi connectivity index (χ0v) is 13.6. The highest BCUT2D eigenvalue weighted by Crippen LogP contribution is 2.10. The molecule has 0 aromatic heterocycles. The largest absolute Gasteiger partial charge is 0.465 e.